The molecule has 4 rings (SSSR count). The van der Waals surface area contributed by atoms with E-state index >= 15 is 0 Å². The first-order chi connectivity index (χ1) is 11.8. The van der Waals surface area contributed by atoms with Gasteiger partial charge in [-0.25, -0.2) is 0 Å². The molecule has 24 heavy (non-hydrogen) atoms. The Morgan fingerprint density at radius 3 is 2.71 bits per heavy atom. The van der Waals surface area contributed by atoms with Crippen LogP contribution < -0.4 is 10.2 Å². The van der Waals surface area contributed by atoms with E-state index in [0.29, 0.717) is 5.65 Å². The molecule has 0 unspecified atom stereocenters. The van der Waals surface area contributed by atoms with Gasteiger partial charge in [0, 0.05) is 37.1 Å². The molecular formula is C15H16N8O. The molecule has 3 aromatic rings. The zero-order chi connectivity index (χ0) is 16.4. The van der Waals surface area contributed by atoms with E-state index in [1.807, 2.05) is 12.1 Å². The Balaban J connectivity index is 1.38. The van der Waals surface area contributed by atoms with Gasteiger partial charge in [-0.3, -0.25) is 9.78 Å². The molecule has 1 aliphatic rings. The number of amides is 1. The average molecular weight is 324 g/mol. The van der Waals surface area contributed by atoms with Gasteiger partial charge in [0.05, 0.1) is 0 Å². The molecule has 0 radical (unpaired) electrons. The highest BCUT2D eigenvalue weighted by Crippen LogP contribution is 2.23. The number of rotatable bonds is 3. The van der Waals surface area contributed by atoms with Crippen LogP contribution in [0.15, 0.2) is 36.7 Å². The molecule has 0 atom stereocenters. The average Bonchev–Trinajstić information content (AvgIpc) is 3.10. The van der Waals surface area contributed by atoms with Gasteiger partial charge < -0.3 is 10.2 Å². The molecule has 1 aliphatic heterocycles. The maximum absolute atomic E-state index is 12.4. The fourth-order valence-corrected chi connectivity index (χ4v) is 2.86. The number of anilines is 2. The van der Waals surface area contributed by atoms with Crippen molar-refractivity contribution in [1.82, 2.24) is 30.2 Å². The van der Waals surface area contributed by atoms with Gasteiger partial charge in [0.25, 0.3) is 0 Å². The SMILES string of the molecule is O=C(Nc1ccncc1)C1CCN(c2ccc3nnnn3n2)CC1. The van der Waals surface area contributed by atoms with Crippen molar-refractivity contribution in [2.45, 2.75) is 12.8 Å². The second kappa shape index (κ2) is 6.19. The summed E-state index contributed by atoms with van der Waals surface area (Å²) in [7, 11) is 0. The van der Waals surface area contributed by atoms with E-state index in [9.17, 15) is 4.79 Å². The first kappa shape index (κ1) is 14.5. The molecular weight excluding hydrogens is 308 g/mol. The molecule has 0 spiro atoms. The summed E-state index contributed by atoms with van der Waals surface area (Å²) >= 11 is 0. The molecule has 9 heteroatoms. The Morgan fingerprint density at radius 1 is 1.12 bits per heavy atom. The third kappa shape index (κ3) is 2.87. The minimum absolute atomic E-state index is 0.00573. The zero-order valence-electron chi connectivity index (χ0n) is 12.9. The molecule has 9 nitrogen and oxygen atoms in total. The minimum atomic E-state index is 0.00573. The number of carbonyl (C=O) groups is 1. The Bertz CT molecular complexity index is 841. The van der Waals surface area contributed by atoms with Crippen molar-refractivity contribution in [2.75, 3.05) is 23.3 Å². The number of tetrazole rings is 1. The highest BCUT2D eigenvalue weighted by molar-refractivity contribution is 5.92. The molecule has 4 heterocycles. The van der Waals surface area contributed by atoms with E-state index in [4.69, 9.17) is 0 Å². The lowest BCUT2D eigenvalue weighted by Gasteiger charge is -2.31. The van der Waals surface area contributed by atoms with Gasteiger partial charge >= 0.3 is 0 Å². The second-order valence-electron chi connectivity index (χ2n) is 5.70. The number of hydrogen-bond donors (Lipinski definition) is 1. The number of piperidine rings is 1. The predicted octanol–water partition coefficient (Wildman–Crippen LogP) is 0.769. The Kier molecular flexibility index (Phi) is 3.73. The fraction of sp³-hybridized carbons (Fsp3) is 0.333. The van der Waals surface area contributed by atoms with Gasteiger partial charge in [-0.1, -0.05) is 0 Å². The molecule has 0 aromatic carbocycles. The van der Waals surface area contributed by atoms with Gasteiger partial charge in [0.15, 0.2) is 11.5 Å². The first-order valence-corrected chi connectivity index (χ1v) is 7.81. The van der Waals surface area contributed by atoms with Crippen LogP contribution in [0.1, 0.15) is 12.8 Å². The van der Waals surface area contributed by atoms with Gasteiger partial charge in [-0.2, -0.15) is 0 Å². The summed E-state index contributed by atoms with van der Waals surface area (Å²) in [5.74, 6) is 0.888. The fourth-order valence-electron chi connectivity index (χ4n) is 2.86. The van der Waals surface area contributed by atoms with Crippen molar-refractivity contribution in [1.29, 1.82) is 0 Å². The maximum Gasteiger partial charge on any atom is 0.227 e. The standard InChI is InChI=1S/C15H16N8O/c24-15(17-12-3-7-16-8-4-12)11-5-9-22(10-6-11)14-2-1-13-18-20-21-23(13)19-14/h1-4,7-8,11H,5-6,9-10H2,(H,16,17,24). The van der Waals surface area contributed by atoms with Crippen LogP contribution in [-0.2, 0) is 4.79 Å². The van der Waals surface area contributed by atoms with Crippen LogP contribution in [0.3, 0.4) is 0 Å². The van der Waals surface area contributed by atoms with Gasteiger partial charge in [-0.05, 0) is 47.5 Å². The molecule has 1 fully saturated rings. The normalized spacial score (nSPS) is 15.6. The van der Waals surface area contributed by atoms with E-state index < -0.39 is 0 Å². The van der Waals surface area contributed by atoms with Crippen LogP contribution in [0.2, 0.25) is 0 Å². The number of nitrogens with zero attached hydrogens (tertiary/aromatic N) is 7. The lowest BCUT2D eigenvalue weighted by molar-refractivity contribution is -0.120. The first-order valence-electron chi connectivity index (χ1n) is 7.81. The quantitative estimate of drug-likeness (QED) is 0.759. The molecule has 3 aromatic heterocycles. The molecule has 1 N–H and O–H groups in total. The summed E-state index contributed by atoms with van der Waals surface area (Å²) in [4.78, 5) is 18.5. The zero-order valence-corrected chi connectivity index (χ0v) is 12.9. The van der Waals surface area contributed by atoms with Crippen molar-refractivity contribution >= 4 is 23.1 Å². The third-order valence-corrected chi connectivity index (χ3v) is 4.19. The molecule has 1 amide bonds. The van der Waals surface area contributed by atoms with E-state index in [1.165, 1.54) is 4.63 Å². The van der Waals surface area contributed by atoms with Crippen molar-refractivity contribution in [3.05, 3.63) is 36.7 Å². The summed E-state index contributed by atoms with van der Waals surface area (Å²) in [5, 5.41) is 18.6. The van der Waals surface area contributed by atoms with Gasteiger partial charge in [0.1, 0.15) is 0 Å². The topological polar surface area (TPSA) is 101 Å². The monoisotopic (exact) mass is 324 g/mol. The van der Waals surface area contributed by atoms with Crippen LogP contribution >= 0.6 is 0 Å². The van der Waals surface area contributed by atoms with E-state index in [2.05, 4.69) is 35.8 Å². The van der Waals surface area contributed by atoms with E-state index in [-0.39, 0.29) is 11.8 Å². The van der Waals surface area contributed by atoms with Crippen LogP contribution in [0.5, 0.6) is 0 Å². The summed E-state index contributed by atoms with van der Waals surface area (Å²) in [6.07, 6.45) is 4.90. The summed E-state index contributed by atoms with van der Waals surface area (Å²) in [5.41, 5.74) is 1.40. The molecule has 0 bridgehead atoms. The number of aromatic nitrogens is 6. The molecule has 1 saturated heterocycles. The third-order valence-electron chi connectivity index (χ3n) is 4.19. The number of fused-ring (bicyclic) bond motifs is 1. The van der Waals surface area contributed by atoms with E-state index in [1.54, 1.807) is 24.5 Å². The van der Waals surface area contributed by atoms with Crippen molar-refractivity contribution in [3.63, 3.8) is 0 Å². The number of hydrogen-bond acceptors (Lipinski definition) is 7. The minimum Gasteiger partial charge on any atom is -0.355 e. The predicted molar refractivity (Wildman–Crippen MR) is 86.4 cm³/mol. The Labute approximate surface area is 137 Å². The van der Waals surface area contributed by atoms with Crippen molar-refractivity contribution in [3.8, 4) is 0 Å². The molecule has 122 valence electrons. The van der Waals surface area contributed by atoms with Gasteiger partial charge in [0.2, 0.25) is 5.91 Å². The molecule has 0 saturated carbocycles. The van der Waals surface area contributed by atoms with Crippen molar-refractivity contribution < 1.29 is 4.79 Å². The molecule has 0 aliphatic carbocycles. The van der Waals surface area contributed by atoms with Crippen LogP contribution in [0.25, 0.3) is 5.65 Å². The Morgan fingerprint density at radius 2 is 1.92 bits per heavy atom. The lowest BCUT2D eigenvalue weighted by Crippen LogP contribution is -2.38. The highest BCUT2D eigenvalue weighted by atomic mass is 16.1. The number of carbonyl (C=O) groups excluding carboxylic acids is 1. The van der Waals surface area contributed by atoms with E-state index in [0.717, 1.165) is 37.4 Å². The van der Waals surface area contributed by atoms with Gasteiger partial charge in [-0.15, -0.1) is 14.8 Å². The smallest absolute Gasteiger partial charge is 0.227 e. The van der Waals surface area contributed by atoms with Crippen LogP contribution in [0, 0.1) is 5.92 Å². The summed E-state index contributed by atoms with van der Waals surface area (Å²) in [6, 6.07) is 7.32. The maximum atomic E-state index is 12.4. The highest BCUT2D eigenvalue weighted by Gasteiger charge is 2.26. The second-order valence-corrected chi connectivity index (χ2v) is 5.70. The van der Waals surface area contributed by atoms with Crippen LogP contribution in [-0.4, -0.2) is 49.2 Å². The lowest BCUT2D eigenvalue weighted by atomic mass is 9.96. The summed E-state index contributed by atoms with van der Waals surface area (Å²) < 4.78 is 1.41. The largest absolute Gasteiger partial charge is 0.355 e. The Hall–Kier alpha value is -3.10. The number of nitrogens with one attached hydrogen (secondary N) is 1. The summed E-state index contributed by atoms with van der Waals surface area (Å²) in [6.45, 7) is 1.55. The number of pyridine rings is 1. The van der Waals surface area contributed by atoms with Crippen molar-refractivity contribution in [2.24, 2.45) is 5.92 Å². The van der Waals surface area contributed by atoms with Crippen LogP contribution in [0.4, 0.5) is 11.5 Å².